The summed E-state index contributed by atoms with van der Waals surface area (Å²) in [6.07, 6.45) is 3.13. The van der Waals surface area contributed by atoms with Crippen molar-refractivity contribution in [3.05, 3.63) is 35.4 Å². The largest absolute Gasteiger partial charge is 0.396 e. The molecule has 0 radical (unpaired) electrons. The van der Waals surface area contributed by atoms with Gasteiger partial charge < -0.3 is 10.0 Å². The van der Waals surface area contributed by atoms with E-state index in [1.807, 2.05) is 12.1 Å². The lowest BCUT2D eigenvalue weighted by Crippen LogP contribution is -2.37. The molecule has 1 aromatic carbocycles. The number of hydrogen-bond donors (Lipinski definition) is 1. The molecule has 0 saturated carbocycles. The monoisotopic (exact) mass is 325 g/mol. The van der Waals surface area contributed by atoms with E-state index in [0.717, 1.165) is 51.4 Å². The molecule has 1 heterocycles. The lowest BCUT2D eigenvalue weighted by atomic mass is 9.80. The fraction of sp³-hybridized carbons (Fsp3) is 0.684. The Morgan fingerprint density at radius 1 is 1.04 bits per heavy atom. The lowest BCUT2D eigenvalue weighted by molar-refractivity contribution is 0.0174. The molecule has 0 atom stereocenters. The van der Waals surface area contributed by atoms with Crippen molar-refractivity contribution in [2.24, 2.45) is 5.92 Å². The maximum Gasteiger partial charge on any atom is 0.270 e. The molecule has 0 bridgehead atoms. The molecule has 1 fully saturated rings. The van der Waals surface area contributed by atoms with E-state index in [-0.39, 0.29) is 11.0 Å². The third-order valence-electron chi connectivity index (χ3n) is 5.19. The minimum Gasteiger partial charge on any atom is -0.396 e. The van der Waals surface area contributed by atoms with Crippen LogP contribution < -0.4 is 0 Å². The van der Waals surface area contributed by atoms with Crippen LogP contribution in [0.4, 0.5) is 8.78 Å². The zero-order valence-corrected chi connectivity index (χ0v) is 14.5. The molecule has 1 saturated heterocycles. The van der Waals surface area contributed by atoms with E-state index in [4.69, 9.17) is 0 Å². The predicted octanol–water partition coefficient (Wildman–Crippen LogP) is 4.17. The van der Waals surface area contributed by atoms with Crippen molar-refractivity contribution in [2.45, 2.75) is 51.4 Å². The van der Waals surface area contributed by atoms with E-state index >= 15 is 0 Å². The molecule has 1 aliphatic heterocycles. The summed E-state index contributed by atoms with van der Waals surface area (Å²) in [5.41, 5.74) is 1.15. The number of nitrogens with zero attached hydrogens (tertiary/aromatic N) is 1. The number of alkyl halides is 2. The van der Waals surface area contributed by atoms with Crippen molar-refractivity contribution in [3.8, 4) is 0 Å². The van der Waals surface area contributed by atoms with Gasteiger partial charge >= 0.3 is 0 Å². The summed E-state index contributed by atoms with van der Waals surface area (Å²) in [7, 11) is 0. The smallest absolute Gasteiger partial charge is 0.270 e. The molecule has 23 heavy (non-hydrogen) atoms. The molecule has 0 aliphatic carbocycles. The second-order valence-corrected chi connectivity index (χ2v) is 7.57. The molecule has 4 heteroatoms. The van der Waals surface area contributed by atoms with Crippen LogP contribution >= 0.6 is 0 Å². The van der Waals surface area contributed by atoms with Crippen molar-refractivity contribution >= 4 is 0 Å². The summed E-state index contributed by atoms with van der Waals surface area (Å²) in [5, 5.41) is 9.19. The summed E-state index contributed by atoms with van der Waals surface area (Å²) < 4.78 is 26.6. The molecule has 2 rings (SSSR count). The number of halogens is 2. The summed E-state index contributed by atoms with van der Waals surface area (Å²) in [6, 6.07) is 6.77. The topological polar surface area (TPSA) is 23.5 Å². The Hall–Kier alpha value is -1.00. The highest BCUT2D eigenvalue weighted by Crippen LogP contribution is 2.32. The number of likely N-dealkylation sites (tertiary alicyclic amines) is 1. The highest BCUT2D eigenvalue weighted by atomic mass is 19.3. The fourth-order valence-electron chi connectivity index (χ4n) is 3.19. The zero-order valence-electron chi connectivity index (χ0n) is 14.5. The van der Waals surface area contributed by atoms with Crippen LogP contribution in [0.2, 0.25) is 0 Å². The first-order chi connectivity index (χ1) is 10.7. The molecule has 0 spiro atoms. The van der Waals surface area contributed by atoms with Crippen LogP contribution in [0.25, 0.3) is 0 Å². The molecule has 0 amide bonds. The Morgan fingerprint density at radius 2 is 1.57 bits per heavy atom. The molecule has 130 valence electrons. The standard InChI is InChI=1S/C19H29F2NO/c1-18(2,10-13-22-11-8-15(14-23)9-12-22)16-4-6-17(7-5-16)19(3,20)21/h4-7,15,23H,8-14H2,1-3H3. The Labute approximate surface area is 138 Å². The molecule has 2 nitrogen and oxygen atoms in total. The van der Waals surface area contributed by atoms with E-state index in [9.17, 15) is 13.9 Å². The van der Waals surface area contributed by atoms with Gasteiger partial charge in [-0.15, -0.1) is 0 Å². The molecule has 0 aromatic heterocycles. The third-order valence-corrected chi connectivity index (χ3v) is 5.19. The Morgan fingerprint density at radius 3 is 2.04 bits per heavy atom. The van der Waals surface area contributed by atoms with Gasteiger partial charge in [0.1, 0.15) is 0 Å². The normalized spacial score (nSPS) is 18.3. The van der Waals surface area contributed by atoms with Crippen LogP contribution in [0.15, 0.2) is 24.3 Å². The third kappa shape index (κ3) is 4.98. The Kier molecular flexibility index (Phi) is 5.79. The van der Waals surface area contributed by atoms with Crippen LogP contribution in [-0.2, 0) is 11.3 Å². The molecule has 0 unspecified atom stereocenters. The van der Waals surface area contributed by atoms with Gasteiger partial charge in [-0.1, -0.05) is 38.1 Å². The van der Waals surface area contributed by atoms with Gasteiger partial charge in [-0.05, 0) is 55.8 Å². The predicted molar refractivity (Wildman–Crippen MR) is 89.9 cm³/mol. The highest BCUT2D eigenvalue weighted by Gasteiger charge is 2.27. The first-order valence-electron chi connectivity index (χ1n) is 8.54. The van der Waals surface area contributed by atoms with E-state index in [0.29, 0.717) is 12.5 Å². The minimum absolute atomic E-state index is 0.0324. The van der Waals surface area contributed by atoms with Gasteiger partial charge in [-0.3, -0.25) is 0 Å². The van der Waals surface area contributed by atoms with Gasteiger partial charge in [0.25, 0.3) is 5.92 Å². The first-order valence-corrected chi connectivity index (χ1v) is 8.54. The van der Waals surface area contributed by atoms with Gasteiger partial charge in [0, 0.05) is 19.1 Å². The van der Waals surface area contributed by atoms with E-state index in [1.165, 1.54) is 0 Å². The van der Waals surface area contributed by atoms with Crippen LogP contribution in [0, 0.1) is 5.92 Å². The Bertz CT molecular complexity index is 485. The number of hydrogen-bond acceptors (Lipinski definition) is 2. The molecule has 1 N–H and O–H groups in total. The number of piperidine rings is 1. The Balaban J connectivity index is 1.91. The summed E-state index contributed by atoms with van der Waals surface area (Å²) in [5.74, 6) is -2.32. The van der Waals surface area contributed by atoms with Crippen LogP contribution in [-0.4, -0.2) is 36.2 Å². The van der Waals surface area contributed by atoms with Gasteiger partial charge in [0.15, 0.2) is 0 Å². The van der Waals surface area contributed by atoms with Crippen LogP contribution in [0.3, 0.4) is 0 Å². The van der Waals surface area contributed by atoms with Crippen LogP contribution in [0.1, 0.15) is 51.2 Å². The number of benzene rings is 1. The van der Waals surface area contributed by atoms with Gasteiger partial charge in [-0.2, -0.15) is 0 Å². The van der Waals surface area contributed by atoms with Gasteiger partial charge in [-0.25, -0.2) is 8.78 Å². The molecule has 1 aliphatic rings. The minimum atomic E-state index is -2.78. The maximum atomic E-state index is 13.3. The second-order valence-electron chi connectivity index (χ2n) is 7.57. The highest BCUT2D eigenvalue weighted by molar-refractivity contribution is 5.30. The van der Waals surface area contributed by atoms with Crippen molar-refractivity contribution in [1.29, 1.82) is 0 Å². The maximum absolute atomic E-state index is 13.3. The van der Waals surface area contributed by atoms with Crippen molar-refractivity contribution in [2.75, 3.05) is 26.2 Å². The summed E-state index contributed by atoms with van der Waals surface area (Å²) in [4.78, 5) is 2.45. The van der Waals surface area contributed by atoms with Gasteiger partial charge in [0.2, 0.25) is 0 Å². The number of aliphatic hydroxyl groups excluding tert-OH is 1. The van der Waals surface area contributed by atoms with Crippen LogP contribution in [0.5, 0.6) is 0 Å². The van der Waals surface area contributed by atoms with Crippen molar-refractivity contribution in [3.63, 3.8) is 0 Å². The average molecular weight is 325 g/mol. The average Bonchev–Trinajstić information content (AvgIpc) is 2.53. The molecule has 1 aromatic rings. The number of aliphatic hydroxyl groups is 1. The van der Waals surface area contributed by atoms with E-state index in [1.54, 1.807) is 12.1 Å². The molecular formula is C19H29F2NO. The molecular weight excluding hydrogens is 296 g/mol. The quantitative estimate of drug-likeness (QED) is 0.848. The van der Waals surface area contributed by atoms with Crippen molar-refractivity contribution in [1.82, 2.24) is 4.90 Å². The lowest BCUT2D eigenvalue weighted by Gasteiger charge is -2.34. The van der Waals surface area contributed by atoms with Crippen molar-refractivity contribution < 1.29 is 13.9 Å². The summed E-state index contributed by atoms with van der Waals surface area (Å²) in [6.45, 7) is 8.68. The first kappa shape index (κ1) is 18.3. The second kappa shape index (κ2) is 7.27. The van der Waals surface area contributed by atoms with E-state index < -0.39 is 5.92 Å². The van der Waals surface area contributed by atoms with E-state index in [2.05, 4.69) is 18.7 Å². The fourth-order valence-corrected chi connectivity index (χ4v) is 3.19. The number of rotatable bonds is 6. The zero-order chi connectivity index (χ0) is 17.1. The summed E-state index contributed by atoms with van der Waals surface area (Å²) >= 11 is 0. The van der Waals surface area contributed by atoms with Gasteiger partial charge in [0.05, 0.1) is 0 Å². The SMILES string of the molecule is CC(F)(F)c1ccc(C(C)(C)CCN2CCC(CO)CC2)cc1.